The zero-order chi connectivity index (χ0) is 14.5. The summed E-state index contributed by atoms with van der Waals surface area (Å²) in [6.45, 7) is -0.915. The SMILES string of the molecule is COc1ccc(Cl)cc1S(=O)(=O)N(CCO)CCO. The van der Waals surface area contributed by atoms with Gasteiger partial charge >= 0.3 is 0 Å². The van der Waals surface area contributed by atoms with Crippen molar-refractivity contribution in [3.05, 3.63) is 23.2 Å². The maximum Gasteiger partial charge on any atom is 0.246 e. The third-order valence-electron chi connectivity index (χ3n) is 2.44. The molecular weight excluding hydrogens is 294 g/mol. The van der Waals surface area contributed by atoms with Crippen LogP contribution >= 0.6 is 11.6 Å². The first-order valence-corrected chi connectivity index (χ1v) is 7.34. The third kappa shape index (κ3) is 3.80. The van der Waals surface area contributed by atoms with Crippen LogP contribution in [0.5, 0.6) is 5.75 Å². The summed E-state index contributed by atoms with van der Waals surface area (Å²) >= 11 is 5.80. The van der Waals surface area contributed by atoms with Gasteiger partial charge in [0.15, 0.2) is 0 Å². The lowest BCUT2D eigenvalue weighted by atomic mass is 10.3. The van der Waals surface area contributed by atoms with E-state index in [0.717, 1.165) is 4.31 Å². The Hall–Kier alpha value is -0.860. The van der Waals surface area contributed by atoms with Crippen LogP contribution in [0.4, 0.5) is 0 Å². The monoisotopic (exact) mass is 309 g/mol. The van der Waals surface area contributed by atoms with Gasteiger partial charge in [0.1, 0.15) is 10.6 Å². The van der Waals surface area contributed by atoms with Gasteiger partial charge in [0.05, 0.1) is 20.3 Å². The van der Waals surface area contributed by atoms with Gasteiger partial charge in [0.25, 0.3) is 0 Å². The Labute approximate surface area is 117 Å². The van der Waals surface area contributed by atoms with Gasteiger partial charge in [-0.3, -0.25) is 0 Å². The molecule has 0 radical (unpaired) electrons. The second-order valence-corrected chi connectivity index (χ2v) is 5.99. The van der Waals surface area contributed by atoms with E-state index in [1.165, 1.54) is 25.3 Å². The molecule has 0 amide bonds. The molecule has 0 saturated carbocycles. The van der Waals surface area contributed by atoms with Crippen LogP contribution in [0.1, 0.15) is 0 Å². The van der Waals surface area contributed by atoms with Crippen molar-refractivity contribution in [3.63, 3.8) is 0 Å². The number of ether oxygens (including phenoxy) is 1. The van der Waals surface area contributed by atoms with Crippen LogP contribution in [0.3, 0.4) is 0 Å². The van der Waals surface area contributed by atoms with Crippen molar-refractivity contribution in [2.75, 3.05) is 33.4 Å². The summed E-state index contributed by atoms with van der Waals surface area (Å²) in [5.41, 5.74) is 0. The van der Waals surface area contributed by atoms with Crippen LogP contribution in [0.25, 0.3) is 0 Å². The molecule has 1 aromatic carbocycles. The highest BCUT2D eigenvalue weighted by atomic mass is 35.5. The fourth-order valence-electron chi connectivity index (χ4n) is 1.57. The maximum absolute atomic E-state index is 12.4. The van der Waals surface area contributed by atoms with Crippen molar-refractivity contribution in [2.45, 2.75) is 4.90 Å². The van der Waals surface area contributed by atoms with E-state index in [2.05, 4.69) is 0 Å². The van der Waals surface area contributed by atoms with Crippen LogP contribution in [-0.2, 0) is 10.0 Å². The highest BCUT2D eigenvalue weighted by molar-refractivity contribution is 7.89. The Kier molecular flexibility index (Phi) is 6.02. The summed E-state index contributed by atoms with van der Waals surface area (Å²) in [4.78, 5) is -0.0931. The Bertz CT molecular complexity index is 514. The summed E-state index contributed by atoms with van der Waals surface area (Å²) < 4.78 is 30.8. The first-order valence-electron chi connectivity index (χ1n) is 5.52. The van der Waals surface area contributed by atoms with Crippen molar-refractivity contribution in [3.8, 4) is 5.75 Å². The summed E-state index contributed by atoms with van der Waals surface area (Å²) in [5, 5.41) is 18.1. The van der Waals surface area contributed by atoms with E-state index in [-0.39, 0.29) is 42.0 Å². The quantitative estimate of drug-likeness (QED) is 0.757. The first kappa shape index (κ1) is 16.2. The number of methoxy groups -OCH3 is 1. The number of benzene rings is 1. The van der Waals surface area contributed by atoms with E-state index in [1.54, 1.807) is 0 Å². The van der Waals surface area contributed by atoms with E-state index in [4.69, 9.17) is 26.6 Å². The molecule has 1 aromatic rings. The minimum Gasteiger partial charge on any atom is -0.495 e. The molecule has 0 bridgehead atoms. The molecule has 19 heavy (non-hydrogen) atoms. The molecule has 0 spiro atoms. The number of nitrogens with zero attached hydrogens (tertiary/aromatic N) is 1. The zero-order valence-electron chi connectivity index (χ0n) is 10.4. The van der Waals surface area contributed by atoms with Crippen molar-refractivity contribution in [1.82, 2.24) is 4.31 Å². The van der Waals surface area contributed by atoms with Gasteiger partial charge in [-0.15, -0.1) is 0 Å². The Morgan fingerprint density at radius 3 is 2.32 bits per heavy atom. The summed E-state index contributed by atoms with van der Waals surface area (Å²) in [6, 6.07) is 4.24. The minimum absolute atomic E-state index is 0.0931. The predicted molar refractivity (Wildman–Crippen MR) is 70.9 cm³/mol. The molecule has 0 fully saturated rings. The second kappa shape index (κ2) is 7.06. The van der Waals surface area contributed by atoms with Gasteiger partial charge in [-0.2, -0.15) is 4.31 Å². The van der Waals surface area contributed by atoms with Crippen molar-refractivity contribution in [1.29, 1.82) is 0 Å². The smallest absolute Gasteiger partial charge is 0.246 e. The summed E-state index contributed by atoms with van der Waals surface area (Å²) in [7, 11) is -2.53. The van der Waals surface area contributed by atoms with Crippen molar-refractivity contribution in [2.24, 2.45) is 0 Å². The molecule has 0 aromatic heterocycles. The van der Waals surface area contributed by atoms with E-state index >= 15 is 0 Å². The van der Waals surface area contributed by atoms with E-state index in [0.29, 0.717) is 0 Å². The van der Waals surface area contributed by atoms with Gasteiger partial charge in [-0.05, 0) is 18.2 Å². The predicted octanol–water partition coefficient (Wildman–Crippen LogP) is 0.324. The highest BCUT2D eigenvalue weighted by Gasteiger charge is 2.27. The number of aliphatic hydroxyl groups excluding tert-OH is 2. The fourth-order valence-corrected chi connectivity index (χ4v) is 3.41. The average Bonchev–Trinajstić information content (AvgIpc) is 2.38. The maximum atomic E-state index is 12.4. The molecule has 0 heterocycles. The van der Waals surface area contributed by atoms with Crippen LogP contribution in [0.15, 0.2) is 23.1 Å². The van der Waals surface area contributed by atoms with Crippen LogP contribution in [0, 0.1) is 0 Å². The number of aliphatic hydroxyl groups is 2. The van der Waals surface area contributed by atoms with Crippen LogP contribution < -0.4 is 4.74 Å². The minimum atomic E-state index is -3.89. The molecule has 0 aliphatic rings. The van der Waals surface area contributed by atoms with E-state index in [9.17, 15) is 8.42 Å². The highest BCUT2D eigenvalue weighted by Crippen LogP contribution is 2.29. The lowest BCUT2D eigenvalue weighted by molar-refractivity contribution is 0.217. The number of sulfonamides is 1. The number of hydrogen-bond acceptors (Lipinski definition) is 5. The van der Waals surface area contributed by atoms with Gasteiger partial charge in [0.2, 0.25) is 10.0 Å². The lowest BCUT2D eigenvalue weighted by Gasteiger charge is -2.21. The van der Waals surface area contributed by atoms with Crippen LogP contribution in [0.2, 0.25) is 5.02 Å². The van der Waals surface area contributed by atoms with E-state index < -0.39 is 10.0 Å². The molecule has 0 aliphatic heterocycles. The van der Waals surface area contributed by atoms with Crippen molar-refractivity contribution < 1.29 is 23.4 Å². The average molecular weight is 310 g/mol. The molecule has 108 valence electrons. The van der Waals surface area contributed by atoms with Crippen molar-refractivity contribution >= 4 is 21.6 Å². The lowest BCUT2D eigenvalue weighted by Crippen LogP contribution is -2.36. The summed E-state index contributed by atoms with van der Waals surface area (Å²) in [5.74, 6) is 0.158. The molecule has 0 unspecified atom stereocenters. The molecule has 0 saturated heterocycles. The van der Waals surface area contributed by atoms with E-state index in [1.807, 2.05) is 0 Å². The van der Waals surface area contributed by atoms with Gasteiger partial charge in [-0.25, -0.2) is 8.42 Å². The standard InChI is InChI=1S/C11H16ClNO5S/c1-18-10-3-2-9(12)8-11(10)19(16,17)13(4-6-14)5-7-15/h2-3,8,14-15H,4-7H2,1H3. The molecule has 0 aliphatic carbocycles. The Morgan fingerprint density at radius 1 is 1.26 bits per heavy atom. The second-order valence-electron chi connectivity index (χ2n) is 3.65. The Morgan fingerprint density at radius 2 is 1.84 bits per heavy atom. The largest absolute Gasteiger partial charge is 0.495 e. The van der Waals surface area contributed by atoms with Gasteiger partial charge in [-0.1, -0.05) is 11.6 Å². The van der Waals surface area contributed by atoms with Gasteiger partial charge in [0, 0.05) is 18.1 Å². The fraction of sp³-hybridized carbons (Fsp3) is 0.455. The number of rotatable bonds is 7. The first-order chi connectivity index (χ1) is 8.97. The molecule has 2 N–H and O–H groups in total. The molecular formula is C11H16ClNO5S. The molecule has 6 nitrogen and oxygen atoms in total. The molecule has 8 heteroatoms. The molecule has 0 atom stereocenters. The summed E-state index contributed by atoms with van der Waals surface area (Å²) in [6.07, 6.45) is 0. The number of halogens is 1. The molecule has 1 rings (SSSR count). The normalized spacial score (nSPS) is 11.8. The van der Waals surface area contributed by atoms with Gasteiger partial charge < -0.3 is 14.9 Å². The Balaban J connectivity index is 3.27. The van der Waals surface area contributed by atoms with Crippen LogP contribution in [-0.4, -0.2) is 56.3 Å². The zero-order valence-corrected chi connectivity index (χ0v) is 12.0. The topological polar surface area (TPSA) is 87.1 Å². The number of hydrogen-bond donors (Lipinski definition) is 2. The third-order valence-corrected chi connectivity index (χ3v) is 4.60.